The van der Waals surface area contributed by atoms with E-state index >= 15 is 0 Å². The van der Waals surface area contributed by atoms with Crippen LogP contribution in [-0.4, -0.2) is 36.1 Å². The van der Waals surface area contributed by atoms with Crippen LogP contribution in [0.5, 0.6) is 0 Å². The van der Waals surface area contributed by atoms with Gasteiger partial charge in [0, 0.05) is 19.2 Å². The first kappa shape index (κ1) is 23.8. The molecule has 0 bridgehead atoms. The third kappa shape index (κ3) is 4.06. The molecule has 0 atom stereocenters. The van der Waals surface area contributed by atoms with Crippen LogP contribution in [-0.2, 0) is 20.1 Å². The molecule has 2 heterocycles. The zero-order chi connectivity index (χ0) is 25.6. The van der Waals surface area contributed by atoms with Crippen molar-refractivity contribution in [3.8, 4) is 11.3 Å². The topological polar surface area (TPSA) is 102 Å². The number of hydrogen-bond acceptors (Lipinski definition) is 5. The molecule has 0 fully saturated rings. The standard InChI is InChI=1S/C27H27BN4O4/c1-17(2)15-31-25-23(26(33)30(3)27(31)34)24(19-10-7-12-21(14-19)28(35)36)32(29-25)16-20-11-6-9-18-8-4-5-13-22(18)20/h4-14,17,35-36H,15-16H2,1-3H3. The lowest BCUT2D eigenvalue weighted by Gasteiger charge is -2.12. The van der Waals surface area contributed by atoms with Crippen molar-refractivity contribution >= 4 is 34.4 Å². The number of fused-ring (bicyclic) bond motifs is 2. The van der Waals surface area contributed by atoms with E-state index in [9.17, 15) is 19.6 Å². The van der Waals surface area contributed by atoms with Crippen LogP contribution in [0.15, 0.2) is 76.3 Å². The molecule has 0 aliphatic rings. The van der Waals surface area contributed by atoms with E-state index in [2.05, 4.69) is 0 Å². The van der Waals surface area contributed by atoms with Crippen molar-refractivity contribution in [2.75, 3.05) is 0 Å². The van der Waals surface area contributed by atoms with E-state index in [-0.39, 0.29) is 5.92 Å². The quantitative estimate of drug-likeness (QED) is 0.361. The van der Waals surface area contributed by atoms with Gasteiger partial charge in [-0.1, -0.05) is 80.6 Å². The third-order valence-electron chi connectivity index (χ3n) is 6.43. The minimum atomic E-state index is -1.66. The zero-order valence-corrected chi connectivity index (χ0v) is 20.4. The molecular formula is C27H27BN4O4. The monoisotopic (exact) mass is 482 g/mol. The molecule has 0 aliphatic carbocycles. The summed E-state index contributed by atoms with van der Waals surface area (Å²) >= 11 is 0. The minimum Gasteiger partial charge on any atom is -0.423 e. The van der Waals surface area contributed by atoms with Gasteiger partial charge in [-0.25, -0.2) is 4.79 Å². The maximum absolute atomic E-state index is 13.5. The molecule has 2 N–H and O–H groups in total. The molecule has 9 heteroatoms. The van der Waals surface area contributed by atoms with Crippen LogP contribution in [0.2, 0.25) is 0 Å². The summed E-state index contributed by atoms with van der Waals surface area (Å²) in [6.45, 7) is 4.77. The van der Waals surface area contributed by atoms with Crippen LogP contribution in [0.3, 0.4) is 0 Å². The average molecular weight is 482 g/mol. The van der Waals surface area contributed by atoms with Crippen LogP contribution in [0.25, 0.3) is 33.1 Å². The SMILES string of the molecule is CC(C)Cn1c(=O)n(C)c(=O)c2c(-c3cccc(B(O)O)c3)n(Cc3cccc4ccccc34)nc21. The summed E-state index contributed by atoms with van der Waals surface area (Å²) in [5.41, 5.74) is 1.91. The molecule has 0 radical (unpaired) electrons. The summed E-state index contributed by atoms with van der Waals surface area (Å²) in [7, 11) is -0.187. The van der Waals surface area contributed by atoms with Gasteiger partial charge in [-0.05, 0) is 27.7 Å². The van der Waals surface area contributed by atoms with Crippen molar-refractivity contribution < 1.29 is 10.0 Å². The van der Waals surface area contributed by atoms with Crippen LogP contribution < -0.4 is 16.7 Å². The molecule has 0 saturated heterocycles. The van der Waals surface area contributed by atoms with Gasteiger partial charge in [-0.3, -0.25) is 18.6 Å². The van der Waals surface area contributed by atoms with E-state index < -0.39 is 18.4 Å². The largest absolute Gasteiger partial charge is 0.488 e. The van der Waals surface area contributed by atoms with Gasteiger partial charge in [0.2, 0.25) is 0 Å². The lowest BCUT2D eigenvalue weighted by Crippen LogP contribution is -2.38. The molecule has 3 aromatic carbocycles. The maximum Gasteiger partial charge on any atom is 0.488 e. The van der Waals surface area contributed by atoms with Crippen molar-refractivity contribution in [3.63, 3.8) is 0 Å². The molecule has 8 nitrogen and oxygen atoms in total. The Morgan fingerprint density at radius 3 is 2.44 bits per heavy atom. The molecule has 36 heavy (non-hydrogen) atoms. The van der Waals surface area contributed by atoms with Crippen molar-refractivity contribution in [2.45, 2.75) is 26.9 Å². The smallest absolute Gasteiger partial charge is 0.423 e. The highest BCUT2D eigenvalue weighted by Crippen LogP contribution is 2.28. The Morgan fingerprint density at radius 2 is 1.69 bits per heavy atom. The van der Waals surface area contributed by atoms with E-state index in [1.807, 2.05) is 56.3 Å². The maximum atomic E-state index is 13.5. The number of hydrogen-bond donors (Lipinski definition) is 2. The van der Waals surface area contributed by atoms with E-state index in [1.165, 1.54) is 7.05 Å². The van der Waals surface area contributed by atoms with E-state index in [1.54, 1.807) is 33.5 Å². The van der Waals surface area contributed by atoms with Crippen LogP contribution in [0, 0.1) is 5.92 Å². The molecule has 0 saturated carbocycles. The van der Waals surface area contributed by atoms with E-state index in [0.717, 1.165) is 20.9 Å². The fourth-order valence-electron chi connectivity index (χ4n) is 4.74. The molecular weight excluding hydrogens is 455 g/mol. The molecule has 5 rings (SSSR count). The molecule has 182 valence electrons. The first-order valence-corrected chi connectivity index (χ1v) is 11.9. The Bertz CT molecular complexity index is 1710. The van der Waals surface area contributed by atoms with Gasteiger partial charge in [0.25, 0.3) is 5.56 Å². The lowest BCUT2D eigenvalue weighted by molar-refractivity contribution is 0.426. The van der Waals surface area contributed by atoms with Crippen molar-refractivity contribution in [1.29, 1.82) is 0 Å². The van der Waals surface area contributed by atoms with Gasteiger partial charge >= 0.3 is 12.8 Å². The molecule has 0 unspecified atom stereocenters. The summed E-state index contributed by atoms with van der Waals surface area (Å²) in [5.74, 6) is 0.155. The average Bonchev–Trinajstić information content (AvgIpc) is 3.24. The first-order chi connectivity index (χ1) is 17.3. The number of benzene rings is 3. The Hall–Kier alpha value is -3.95. The fraction of sp³-hybridized carbons (Fsp3) is 0.222. The Labute approximate surface area is 207 Å². The summed E-state index contributed by atoms with van der Waals surface area (Å²) < 4.78 is 4.41. The zero-order valence-electron chi connectivity index (χ0n) is 20.4. The summed E-state index contributed by atoms with van der Waals surface area (Å²) in [6, 6.07) is 20.9. The van der Waals surface area contributed by atoms with Gasteiger partial charge in [-0.15, -0.1) is 0 Å². The second-order valence-corrected chi connectivity index (χ2v) is 9.49. The number of aromatic nitrogens is 4. The normalized spacial score (nSPS) is 11.6. The van der Waals surface area contributed by atoms with Gasteiger partial charge in [-0.2, -0.15) is 5.10 Å². The predicted molar refractivity (Wildman–Crippen MR) is 142 cm³/mol. The minimum absolute atomic E-state index is 0.155. The fourth-order valence-corrected chi connectivity index (χ4v) is 4.74. The lowest BCUT2D eigenvalue weighted by atomic mass is 9.79. The highest BCUT2D eigenvalue weighted by Gasteiger charge is 2.24. The number of nitrogens with zero attached hydrogens (tertiary/aromatic N) is 4. The number of rotatable bonds is 6. The van der Waals surface area contributed by atoms with E-state index in [0.29, 0.717) is 40.8 Å². The summed E-state index contributed by atoms with van der Waals surface area (Å²) in [4.78, 5) is 26.6. The molecule has 2 aromatic heterocycles. The highest BCUT2D eigenvalue weighted by atomic mass is 16.4. The van der Waals surface area contributed by atoms with Crippen molar-refractivity contribution in [2.24, 2.45) is 13.0 Å². The Morgan fingerprint density at radius 1 is 0.972 bits per heavy atom. The van der Waals surface area contributed by atoms with Gasteiger partial charge < -0.3 is 10.0 Å². The van der Waals surface area contributed by atoms with Crippen LogP contribution in [0.1, 0.15) is 19.4 Å². The second kappa shape index (κ2) is 9.25. The Balaban J connectivity index is 1.85. The van der Waals surface area contributed by atoms with E-state index in [4.69, 9.17) is 5.10 Å². The second-order valence-electron chi connectivity index (χ2n) is 9.49. The first-order valence-electron chi connectivity index (χ1n) is 11.9. The molecule has 0 spiro atoms. The van der Waals surface area contributed by atoms with Crippen molar-refractivity contribution in [1.82, 2.24) is 18.9 Å². The van der Waals surface area contributed by atoms with Gasteiger partial charge in [0.1, 0.15) is 5.39 Å². The van der Waals surface area contributed by atoms with Crippen LogP contribution in [0.4, 0.5) is 0 Å². The van der Waals surface area contributed by atoms with Crippen LogP contribution >= 0.6 is 0 Å². The summed E-state index contributed by atoms with van der Waals surface area (Å²) in [6.07, 6.45) is 0. The third-order valence-corrected chi connectivity index (χ3v) is 6.43. The molecule has 0 aliphatic heterocycles. The molecule has 5 aromatic rings. The van der Waals surface area contributed by atoms with Gasteiger partial charge in [0.15, 0.2) is 5.65 Å². The highest BCUT2D eigenvalue weighted by molar-refractivity contribution is 6.58. The summed E-state index contributed by atoms with van der Waals surface area (Å²) in [5, 5.41) is 26.9. The molecule has 0 amide bonds. The Kier molecular flexibility index (Phi) is 6.11. The van der Waals surface area contributed by atoms with Gasteiger partial charge in [0.05, 0.1) is 12.2 Å². The predicted octanol–water partition coefficient (Wildman–Crippen LogP) is 2.10. The van der Waals surface area contributed by atoms with Crippen molar-refractivity contribution in [3.05, 3.63) is 93.1 Å².